The van der Waals surface area contributed by atoms with Gasteiger partial charge in [0.05, 0.1) is 29.8 Å². The van der Waals surface area contributed by atoms with Gasteiger partial charge in [0.2, 0.25) is 11.8 Å². The van der Waals surface area contributed by atoms with Crippen LogP contribution in [-0.4, -0.2) is 63.8 Å². The van der Waals surface area contributed by atoms with E-state index in [9.17, 15) is 20.1 Å². The van der Waals surface area contributed by atoms with Gasteiger partial charge in [0.25, 0.3) is 0 Å². The second kappa shape index (κ2) is 7.35. The fraction of sp³-hybridized carbons (Fsp3) is 0.583. The van der Waals surface area contributed by atoms with E-state index in [4.69, 9.17) is 0 Å². The molecule has 0 radical (unpaired) electrons. The summed E-state index contributed by atoms with van der Waals surface area (Å²) < 4.78 is 0. The average molecular weight is 418 g/mol. The number of benzene rings is 1. The van der Waals surface area contributed by atoms with Crippen molar-refractivity contribution in [3.05, 3.63) is 35.4 Å². The van der Waals surface area contributed by atoms with Gasteiger partial charge in [-0.25, -0.2) is 0 Å². The molecule has 1 unspecified atom stereocenters. The van der Waals surface area contributed by atoms with Crippen LogP contribution in [0.3, 0.4) is 0 Å². The molecule has 4 fully saturated rings. The zero-order chi connectivity index (χ0) is 21.9. The van der Waals surface area contributed by atoms with Crippen molar-refractivity contribution in [1.82, 2.24) is 14.7 Å². The molecule has 0 aromatic heterocycles. The van der Waals surface area contributed by atoms with Gasteiger partial charge in [-0.05, 0) is 49.8 Å². The molecule has 4 aliphatic rings. The topological polar surface area (TPSA) is 91.4 Å². The molecule has 7 heteroatoms. The van der Waals surface area contributed by atoms with Crippen molar-refractivity contribution in [2.24, 2.45) is 11.8 Å². The third kappa shape index (κ3) is 3.20. The zero-order valence-corrected chi connectivity index (χ0v) is 17.9. The van der Waals surface area contributed by atoms with Gasteiger partial charge in [0, 0.05) is 31.1 Å². The molecule has 7 nitrogen and oxygen atoms in total. The van der Waals surface area contributed by atoms with Gasteiger partial charge in [-0.15, -0.1) is 0 Å². The van der Waals surface area contributed by atoms with E-state index in [0.29, 0.717) is 18.0 Å². The van der Waals surface area contributed by atoms with Crippen molar-refractivity contribution < 1.29 is 9.59 Å². The third-order valence-corrected chi connectivity index (χ3v) is 7.67. The van der Waals surface area contributed by atoms with Crippen molar-refractivity contribution >= 4 is 11.8 Å². The molecule has 160 valence electrons. The summed E-state index contributed by atoms with van der Waals surface area (Å²) in [6, 6.07) is 11.8. The number of fused-ring (bicyclic) bond motifs is 3. The van der Waals surface area contributed by atoms with E-state index in [1.165, 1.54) is 0 Å². The minimum atomic E-state index is -0.282. The Morgan fingerprint density at radius 1 is 1.23 bits per heavy atom. The van der Waals surface area contributed by atoms with Crippen LogP contribution in [0.25, 0.3) is 0 Å². The fourth-order valence-corrected chi connectivity index (χ4v) is 6.00. The molecular weight excluding hydrogens is 390 g/mol. The van der Waals surface area contributed by atoms with E-state index in [1.807, 2.05) is 41.8 Å². The van der Waals surface area contributed by atoms with Crippen molar-refractivity contribution in [1.29, 1.82) is 10.5 Å². The molecule has 3 heterocycles. The smallest absolute Gasteiger partial charge is 0.240 e. The number of piperidine rings is 1. The van der Waals surface area contributed by atoms with E-state index < -0.39 is 0 Å². The molecule has 3 saturated heterocycles. The first-order chi connectivity index (χ1) is 14.9. The highest BCUT2D eigenvalue weighted by molar-refractivity contribution is 5.86. The highest BCUT2D eigenvalue weighted by Crippen LogP contribution is 2.48. The van der Waals surface area contributed by atoms with E-state index in [2.05, 4.69) is 17.0 Å². The van der Waals surface area contributed by atoms with Gasteiger partial charge >= 0.3 is 0 Å². The van der Waals surface area contributed by atoms with Crippen molar-refractivity contribution in [3.8, 4) is 12.1 Å². The Bertz CT molecular complexity index is 1010. The van der Waals surface area contributed by atoms with Gasteiger partial charge in [-0.2, -0.15) is 10.5 Å². The quantitative estimate of drug-likeness (QED) is 0.731. The summed E-state index contributed by atoms with van der Waals surface area (Å²) in [6.45, 7) is 5.28. The summed E-state index contributed by atoms with van der Waals surface area (Å²) in [4.78, 5) is 32.2. The lowest BCUT2D eigenvalue weighted by molar-refractivity contribution is -0.142. The van der Waals surface area contributed by atoms with Gasteiger partial charge < -0.3 is 9.80 Å². The predicted molar refractivity (Wildman–Crippen MR) is 112 cm³/mol. The lowest BCUT2D eigenvalue weighted by Gasteiger charge is -2.38. The summed E-state index contributed by atoms with van der Waals surface area (Å²) in [5, 5.41) is 18.6. The SMILES string of the molecule is C[C@@H](CN1C[C@@H]2C[C@H]1C(=O)N2[C@@H](C)c1cccc(C#N)c1)C(=O)N1C2C[C@H]2C[C@H]1C#N. The lowest BCUT2D eigenvalue weighted by Crippen LogP contribution is -2.53. The van der Waals surface area contributed by atoms with Crippen LogP contribution >= 0.6 is 0 Å². The van der Waals surface area contributed by atoms with Gasteiger partial charge in [-0.3, -0.25) is 14.5 Å². The Hall–Kier alpha value is -2.90. The summed E-state index contributed by atoms with van der Waals surface area (Å²) in [5.41, 5.74) is 1.58. The predicted octanol–water partition coefficient (Wildman–Crippen LogP) is 2.05. The molecule has 2 amide bonds. The Balaban J connectivity index is 1.24. The maximum absolute atomic E-state index is 13.2. The number of hydrogen-bond acceptors (Lipinski definition) is 5. The third-order valence-electron chi connectivity index (χ3n) is 7.67. The largest absolute Gasteiger partial charge is 0.330 e. The number of nitrogens with zero attached hydrogens (tertiary/aromatic N) is 5. The molecule has 1 saturated carbocycles. The molecule has 2 bridgehead atoms. The highest BCUT2D eigenvalue weighted by atomic mass is 16.2. The van der Waals surface area contributed by atoms with Crippen LogP contribution in [-0.2, 0) is 9.59 Å². The number of piperazine rings is 1. The number of likely N-dealkylation sites (tertiary alicyclic amines) is 3. The molecular formula is C24H27N5O2. The average Bonchev–Trinajstić information content (AvgIpc) is 3.11. The van der Waals surface area contributed by atoms with Gasteiger partial charge in [0.15, 0.2) is 0 Å². The van der Waals surface area contributed by atoms with Gasteiger partial charge in [-0.1, -0.05) is 19.1 Å². The number of nitriles is 2. The molecule has 5 rings (SSSR count). The van der Waals surface area contributed by atoms with Crippen LogP contribution in [0.4, 0.5) is 0 Å². The number of carbonyl (C=O) groups is 2. The Labute approximate surface area is 182 Å². The maximum Gasteiger partial charge on any atom is 0.240 e. The van der Waals surface area contributed by atoms with Crippen LogP contribution in [0.15, 0.2) is 24.3 Å². The summed E-state index contributed by atoms with van der Waals surface area (Å²) in [6.07, 6.45) is 2.63. The molecule has 0 spiro atoms. The van der Waals surface area contributed by atoms with Crippen LogP contribution in [0.1, 0.15) is 50.3 Å². The Kier molecular flexibility index (Phi) is 4.75. The molecule has 31 heavy (non-hydrogen) atoms. The van der Waals surface area contributed by atoms with E-state index in [0.717, 1.165) is 31.4 Å². The van der Waals surface area contributed by atoms with Crippen molar-refractivity contribution in [2.45, 2.75) is 63.3 Å². The number of amides is 2. The fourth-order valence-electron chi connectivity index (χ4n) is 6.00. The number of rotatable bonds is 5. The summed E-state index contributed by atoms with van der Waals surface area (Å²) in [7, 11) is 0. The van der Waals surface area contributed by atoms with Crippen LogP contribution in [0.5, 0.6) is 0 Å². The van der Waals surface area contributed by atoms with E-state index in [1.54, 1.807) is 6.07 Å². The minimum Gasteiger partial charge on any atom is -0.330 e. The van der Waals surface area contributed by atoms with Crippen LogP contribution in [0.2, 0.25) is 0 Å². The Morgan fingerprint density at radius 3 is 2.74 bits per heavy atom. The minimum absolute atomic E-state index is 0.0605. The maximum atomic E-state index is 13.2. The number of carbonyl (C=O) groups excluding carboxylic acids is 2. The van der Waals surface area contributed by atoms with Crippen molar-refractivity contribution in [2.75, 3.05) is 13.1 Å². The summed E-state index contributed by atoms with van der Waals surface area (Å²) >= 11 is 0. The lowest BCUT2D eigenvalue weighted by atomic mass is 10.0. The van der Waals surface area contributed by atoms with Crippen molar-refractivity contribution in [3.63, 3.8) is 0 Å². The monoisotopic (exact) mass is 417 g/mol. The van der Waals surface area contributed by atoms with Gasteiger partial charge in [0.1, 0.15) is 6.04 Å². The normalized spacial score (nSPS) is 33.0. The second-order valence-electron chi connectivity index (χ2n) is 9.61. The van der Waals surface area contributed by atoms with E-state index >= 15 is 0 Å². The van der Waals surface area contributed by atoms with Crippen LogP contribution in [0, 0.1) is 34.5 Å². The molecule has 0 N–H and O–H groups in total. The first kappa shape index (κ1) is 20.0. The highest BCUT2D eigenvalue weighted by Gasteiger charge is 2.55. The molecule has 1 aliphatic carbocycles. The van der Waals surface area contributed by atoms with E-state index in [-0.39, 0.29) is 47.9 Å². The first-order valence-electron chi connectivity index (χ1n) is 11.2. The zero-order valence-electron chi connectivity index (χ0n) is 17.9. The standard InChI is InChI=1S/C24H27N5O2/c1-14(23(30)29-19(11-26)7-18-8-21(18)29)12-27-13-20-9-22(27)24(31)28(20)15(2)17-5-3-4-16(6-17)10-25/h3-6,14-15,18-22H,7-9,12-13H2,1-2H3/t14-,15-,18+,19-,20-,21?,22-/m0/s1. The molecule has 1 aromatic carbocycles. The first-order valence-corrected chi connectivity index (χ1v) is 11.2. The number of hydrogen-bond donors (Lipinski definition) is 0. The molecule has 3 aliphatic heterocycles. The Morgan fingerprint density at radius 2 is 2.03 bits per heavy atom. The molecule has 1 aromatic rings. The van der Waals surface area contributed by atoms with Crippen LogP contribution < -0.4 is 0 Å². The second-order valence-corrected chi connectivity index (χ2v) is 9.61. The summed E-state index contributed by atoms with van der Waals surface area (Å²) in [5.74, 6) is 0.467. The molecule has 7 atom stereocenters.